The number of rotatable bonds is 4. The fourth-order valence-electron chi connectivity index (χ4n) is 1.45. The predicted octanol–water partition coefficient (Wildman–Crippen LogP) is 2.94. The summed E-state index contributed by atoms with van der Waals surface area (Å²) < 4.78 is 5.14. The molecule has 0 saturated carbocycles. The van der Waals surface area contributed by atoms with Gasteiger partial charge in [-0.2, -0.15) is 0 Å². The second-order valence-corrected chi connectivity index (χ2v) is 4.96. The summed E-state index contributed by atoms with van der Waals surface area (Å²) in [6, 6.07) is 7.29. The van der Waals surface area contributed by atoms with Crippen LogP contribution in [-0.4, -0.2) is 17.9 Å². The van der Waals surface area contributed by atoms with Gasteiger partial charge in [0, 0.05) is 11.6 Å². The lowest BCUT2D eigenvalue weighted by molar-refractivity contribution is -0.148. The maximum atomic E-state index is 11.4. The molecule has 1 aromatic rings. The molecule has 0 heterocycles. The Morgan fingerprint density at radius 2 is 1.94 bits per heavy atom. The number of benzene rings is 1. The molecule has 0 bridgehead atoms. The average Bonchev–Trinajstić information content (AvgIpc) is 2.27. The SMILES string of the molecule is CC(C)(C)OC(=O)C=CCc1ccccc1C=O. The van der Waals surface area contributed by atoms with Gasteiger partial charge in [-0.15, -0.1) is 0 Å². The molecule has 0 saturated heterocycles. The Hall–Kier alpha value is -1.90. The van der Waals surface area contributed by atoms with Crippen molar-refractivity contribution >= 4 is 12.3 Å². The largest absolute Gasteiger partial charge is 0.457 e. The number of allylic oxidation sites excluding steroid dienone is 1. The van der Waals surface area contributed by atoms with Gasteiger partial charge in [0.15, 0.2) is 0 Å². The van der Waals surface area contributed by atoms with Crippen molar-refractivity contribution in [3.8, 4) is 0 Å². The van der Waals surface area contributed by atoms with Gasteiger partial charge in [-0.3, -0.25) is 4.79 Å². The van der Waals surface area contributed by atoms with E-state index < -0.39 is 5.60 Å². The Morgan fingerprint density at radius 1 is 1.28 bits per heavy atom. The van der Waals surface area contributed by atoms with E-state index in [0.717, 1.165) is 11.8 Å². The lowest BCUT2D eigenvalue weighted by Crippen LogP contribution is -2.22. The van der Waals surface area contributed by atoms with Crippen molar-refractivity contribution in [3.05, 3.63) is 47.5 Å². The highest BCUT2D eigenvalue weighted by Gasteiger charge is 2.13. The first-order chi connectivity index (χ1) is 8.42. The molecule has 0 aliphatic carbocycles. The Balaban J connectivity index is 2.60. The highest BCUT2D eigenvalue weighted by atomic mass is 16.6. The van der Waals surface area contributed by atoms with Crippen molar-refractivity contribution in [1.29, 1.82) is 0 Å². The summed E-state index contributed by atoms with van der Waals surface area (Å²) in [6.45, 7) is 5.46. The highest BCUT2D eigenvalue weighted by Crippen LogP contribution is 2.09. The Kier molecular flexibility index (Phi) is 4.84. The molecule has 3 heteroatoms. The first-order valence-corrected chi connectivity index (χ1v) is 5.85. The van der Waals surface area contributed by atoms with E-state index in [-0.39, 0.29) is 5.97 Å². The Morgan fingerprint density at radius 3 is 2.56 bits per heavy atom. The minimum absolute atomic E-state index is 0.369. The van der Waals surface area contributed by atoms with Crippen LogP contribution in [0.3, 0.4) is 0 Å². The van der Waals surface area contributed by atoms with Crippen LogP contribution in [0.2, 0.25) is 0 Å². The lowest BCUT2D eigenvalue weighted by atomic mass is 10.1. The molecule has 0 aliphatic heterocycles. The van der Waals surface area contributed by atoms with Gasteiger partial charge in [0.1, 0.15) is 11.9 Å². The first-order valence-electron chi connectivity index (χ1n) is 5.85. The number of aldehydes is 1. The molecule has 0 amide bonds. The molecule has 1 rings (SSSR count). The fraction of sp³-hybridized carbons (Fsp3) is 0.333. The van der Waals surface area contributed by atoms with E-state index in [1.54, 1.807) is 12.1 Å². The number of hydrogen-bond donors (Lipinski definition) is 0. The summed E-state index contributed by atoms with van der Waals surface area (Å²) in [5.74, 6) is -0.369. The molecule has 0 aromatic heterocycles. The summed E-state index contributed by atoms with van der Waals surface area (Å²) in [6.07, 6.45) is 4.45. The molecule has 0 N–H and O–H groups in total. The number of ether oxygens (including phenoxy) is 1. The summed E-state index contributed by atoms with van der Waals surface area (Å²) in [5, 5.41) is 0. The van der Waals surface area contributed by atoms with Gasteiger partial charge in [0.2, 0.25) is 0 Å². The third-order valence-corrected chi connectivity index (χ3v) is 2.18. The van der Waals surface area contributed by atoms with Gasteiger partial charge in [-0.05, 0) is 32.8 Å². The van der Waals surface area contributed by atoms with Crippen LogP contribution in [0.4, 0.5) is 0 Å². The average molecular weight is 246 g/mol. The molecule has 18 heavy (non-hydrogen) atoms. The van der Waals surface area contributed by atoms with Crippen LogP contribution in [0.5, 0.6) is 0 Å². The van der Waals surface area contributed by atoms with Crippen LogP contribution in [0.15, 0.2) is 36.4 Å². The van der Waals surface area contributed by atoms with Gasteiger partial charge in [0.25, 0.3) is 0 Å². The van der Waals surface area contributed by atoms with Crippen LogP contribution >= 0.6 is 0 Å². The van der Waals surface area contributed by atoms with E-state index in [4.69, 9.17) is 4.74 Å². The monoisotopic (exact) mass is 246 g/mol. The number of carbonyl (C=O) groups is 2. The van der Waals surface area contributed by atoms with Crippen LogP contribution in [-0.2, 0) is 16.0 Å². The Labute approximate surface area is 107 Å². The van der Waals surface area contributed by atoms with Gasteiger partial charge >= 0.3 is 5.97 Å². The standard InChI is InChI=1S/C15H18O3/c1-15(2,3)18-14(17)10-6-9-12-7-4-5-8-13(12)11-16/h4-8,10-11H,9H2,1-3H3. The van der Waals surface area contributed by atoms with Gasteiger partial charge < -0.3 is 4.74 Å². The predicted molar refractivity (Wildman–Crippen MR) is 70.5 cm³/mol. The van der Waals surface area contributed by atoms with Gasteiger partial charge in [-0.25, -0.2) is 4.79 Å². The second-order valence-electron chi connectivity index (χ2n) is 4.96. The van der Waals surface area contributed by atoms with E-state index >= 15 is 0 Å². The van der Waals surface area contributed by atoms with Crippen LogP contribution < -0.4 is 0 Å². The molecule has 0 radical (unpaired) electrons. The molecule has 0 spiro atoms. The van der Waals surface area contributed by atoms with Crippen molar-refractivity contribution in [2.24, 2.45) is 0 Å². The zero-order valence-corrected chi connectivity index (χ0v) is 11.0. The summed E-state index contributed by atoms with van der Waals surface area (Å²) in [5.41, 5.74) is 1.06. The van der Waals surface area contributed by atoms with Crippen LogP contribution in [0.1, 0.15) is 36.7 Å². The van der Waals surface area contributed by atoms with E-state index in [0.29, 0.717) is 12.0 Å². The molecule has 0 atom stereocenters. The van der Waals surface area contributed by atoms with E-state index in [9.17, 15) is 9.59 Å². The van der Waals surface area contributed by atoms with Gasteiger partial charge in [0.05, 0.1) is 0 Å². The minimum atomic E-state index is -0.484. The van der Waals surface area contributed by atoms with Crippen molar-refractivity contribution < 1.29 is 14.3 Å². The summed E-state index contributed by atoms with van der Waals surface area (Å²) >= 11 is 0. The molecule has 0 unspecified atom stereocenters. The van der Waals surface area contributed by atoms with E-state index in [1.165, 1.54) is 6.08 Å². The third kappa shape index (κ3) is 4.95. The van der Waals surface area contributed by atoms with Crippen molar-refractivity contribution in [2.45, 2.75) is 32.8 Å². The van der Waals surface area contributed by atoms with E-state index in [2.05, 4.69) is 0 Å². The first kappa shape index (κ1) is 14.2. The highest BCUT2D eigenvalue weighted by molar-refractivity contribution is 5.82. The van der Waals surface area contributed by atoms with Crippen LogP contribution in [0, 0.1) is 0 Å². The van der Waals surface area contributed by atoms with Crippen LogP contribution in [0.25, 0.3) is 0 Å². The minimum Gasteiger partial charge on any atom is -0.457 e. The van der Waals surface area contributed by atoms with Gasteiger partial charge in [-0.1, -0.05) is 30.3 Å². The lowest BCUT2D eigenvalue weighted by Gasteiger charge is -2.17. The maximum absolute atomic E-state index is 11.4. The van der Waals surface area contributed by atoms with Crippen molar-refractivity contribution in [2.75, 3.05) is 0 Å². The number of hydrogen-bond acceptors (Lipinski definition) is 3. The summed E-state index contributed by atoms with van der Waals surface area (Å²) in [4.78, 5) is 22.2. The van der Waals surface area contributed by atoms with Crippen molar-refractivity contribution in [1.82, 2.24) is 0 Å². The summed E-state index contributed by atoms with van der Waals surface area (Å²) in [7, 11) is 0. The van der Waals surface area contributed by atoms with E-state index in [1.807, 2.05) is 39.0 Å². The Bertz CT molecular complexity index is 453. The number of carbonyl (C=O) groups excluding carboxylic acids is 2. The normalized spacial score (nSPS) is 11.5. The zero-order valence-electron chi connectivity index (χ0n) is 11.0. The quantitative estimate of drug-likeness (QED) is 0.466. The smallest absolute Gasteiger partial charge is 0.330 e. The molecule has 3 nitrogen and oxygen atoms in total. The molecule has 96 valence electrons. The number of esters is 1. The third-order valence-electron chi connectivity index (χ3n) is 2.18. The zero-order chi connectivity index (χ0) is 13.6. The molecule has 0 aliphatic rings. The topological polar surface area (TPSA) is 43.4 Å². The second kappa shape index (κ2) is 6.15. The fourth-order valence-corrected chi connectivity index (χ4v) is 1.45. The molecular formula is C15H18O3. The molecule has 1 aromatic carbocycles. The van der Waals surface area contributed by atoms with Crippen molar-refractivity contribution in [3.63, 3.8) is 0 Å². The maximum Gasteiger partial charge on any atom is 0.330 e. The molecule has 0 fully saturated rings. The molecular weight excluding hydrogens is 228 g/mol.